The second kappa shape index (κ2) is 5.61. The highest BCUT2D eigenvalue weighted by atomic mass is 16.5. The molecule has 1 amide bonds. The van der Waals surface area contributed by atoms with E-state index in [0.717, 1.165) is 0 Å². The van der Waals surface area contributed by atoms with E-state index in [1.165, 1.54) is 0 Å². The van der Waals surface area contributed by atoms with Gasteiger partial charge in [-0.1, -0.05) is 0 Å². The van der Waals surface area contributed by atoms with Crippen molar-refractivity contribution in [1.29, 1.82) is 0 Å². The number of nitrogens with zero attached hydrogens (tertiary/aromatic N) is 2. The summed E-state index contributed by atoms with van der Waals surface area (Å²) in [5, 5.41) is 9.20. The molecule has 0 spiro atoms. The lowest BCUT2D eigenvalue weighted by atomic mass is 10.1. The Morgan fingerprint density at radius 1 is 1.44 bits per heavy atom. The topological polar surface area (TPSA) is 53.0 Å². The highest BCUT2D eigenvalue weighted by molar-refractivity contribution is 5.78. The molecule has 1 fully saturated rings. The average molecular weight is 230 g/mol. The van der Waals surface area contributed by atoms with Crippen LogP contribution < -0.4 is 0 Å². The SMILES string of the molecule is CN(CC(=O)N1CCOCC1)C(C)(C)CO. The van der Waals surface area contributed by atoms with E-state index in [1.54, 1.807) is 0 Å². The van der Waals surface area contributed by atoms with Gasteiger partial charge in [0.1, 0.15) is 0 Å². The summed E-state index contributed by atoms with van der Waals surface area (Å²) < 4.78 is 5.20. The second-order valence-corrected chi connectivity index (χ2v) is 4.82. The summed E-state index contributed by atoms with van der Waals surface area (Å²) in [5.41, 5.74) is -0.359. The van der Waals surface area contributed by atoms with E-state index in [-0.39, 0.29) is 18.1 Å². The van der Waals surface area contributed by atoms with Gasteiger partial charge in [-0.15, -0.1) is 0 Å². The van der Waals surface area contributed by atoms with Crippen LogP contribution in [0.4, 0.5) is 0 Å². The van der Waals surface area contributed by atoms with Crippen molar-refractivity contribution in [3.8, 4) is 0 Å². The van der Waals surface area contributed by atoms with Gasteiger partial charge in [0.2, 0.25) is 5.91 Å². The summed E-state index contributed by atoms with van der Waals surface area (Å²) in [5.74, 6) is 0.104. The number of likely N-dealkylation sites (N-methyl/N-ethyl adjacent to an activating group) is 1. The van der Waals surface area contributed by atoms with Gasteiger partial charge >= 0.3 is 0 Å². The fraction of sp³-hybridized carbons (Fsp3) is 0.909. The van der Waals surface area contributed by atoms with E-state index >= 15 is 0 Å². The van der Waals surface area contributed by atoms with Gasteiger partial charge in [-0.3, -0.25) is 9.69 Å². The molecule has 0 saturated carbocycles. The van der Waals surface area contributed by atoms with Crippen molar-refractivity contribution in [3.63, 3.8) is 0 Å². The van der Waals surface area contributed by atoms with E-state index in [9.17, 15) is 9.90 Å². The van der Waals surface area contributed by atoms with Crippen LogP contribution in [0.3, 0.4) is 0 Å². The van der Waals surface area contributed by atoms with Crippen molar-refractivity contribution in [3.05, 3.63) is 0 Å². The van der Waals surface area contributed by atoms with E-state index in [4.69, 9.17) is 4.74 Å². The summed E-state index contributed by atoms with van der Waals surface area (Å²) in [7, 11) is 1.86. The van der Waals surface area contributed by atoms with Gasteiger partial charge in [0, 0.05) is 18.6 Å². The maximum absolute atomic E-state index is 11.9. The number of carbonyl (C=O) groups excluding carboxylic acids is 1. The number of aliphatic hydroxyl groups excluding tert-OH is 1. The van der Waals surface area contributed by atoms with E-state index in [1.807, 2.05) is 30.7 Å². The highest BCUT2D eigenvalue weighted by Crippen LogP contribution is 2.11. The van der Waals surface area contributed by atoms with Crippen molar-refractivity contribution in [2.24, 2.45) is 0 Å². The van der Waals surface area contributed by atoms with Crippen molar-refractivity contribution in [2.75, 3.05) is 46.5 Å². The first kappa shape index (κ1) is 13.4. The Bertz CT molecular complexity index is 237. The third-order valence-corrected chi connectivity index (χ3v) is 3.16. The first-order valence-electron chi connectivity index (χ1n) is 5.65. The van der Waals surface area contributed by atoms with Gasteiger partial charge in [-0.2, -0.15) is 0 Å². The van der Waals surface area contributed by atoms with E-state index in [0.29, 0.717) is 32.8 Å². The Morgan fingerprint density at radius 2 is 2.00 bits per heavy atom. The lowest BCUT2D eigenvalue weighted by molar-refractivity contribution is -0.137. The smallest absolute Gasteiger partial charge is 0.236 e. The number of ether oxygens (including phenoxy) is 1. The minimum Gasteiger partial charge on any atom is -0.394 e. The molecule has 1 rings (SSSR count). The summed E-state index contributed by atoms with van der Waals surface area (Å²) in [4.78, 5) is 15.6. The molecule has 1 aliphatic rings. The number of morpholine rings is 1. The zero-order valence-corrected chi connectivity index (χ0v) is 10.4. The molecule has 16 heavy (non-hydrogen) atoms. The lowest BCUT2D eigenvalue weighted by Gasteiger charge is -2.35. The number of hydrogen-bond donors (Lipinski definition) is 1. The summed E-state index contributed by atoms with van der Waals surface area (Å²) in [6.07, 6.45) is 0. The third kappa shape index (κ3) is 3.43. The van der Waals surface area contributed by atoms with Gasteiger partial charge in [-0.05, 0) is 20.9 Å². The van der Waals surface area contributed by atoms with Crippen molar-refractivity contribution in [1.82, 2.24) is 9.80 Å². The standard InChI is InChI=1S/C11H22N2O3/c1-11(2,9-14)12(3)8-10(15)13-4-6-16-7-5-13/h14H,4-9H2,1-3H3. The zero-order valence-electron chi connectivity index (χ0n) is 10.4. The number of hydrogen-bond acceptors (Lipinski definition) is 4. The Balaban J connectivity index is 2.43. The first-order valence-corrected chi connectivity index (χ1v) is 5.65. The number of amides is 1. The van der Waals surface area contributed by atoms with Crippen LogP contribution in [0.25, 0.3) is 0 Å². The van der Waals surface area contributed by atoms with Crippen molar-refractivity contribution < 1.29 is 14.6 Å². The van der Waals surface area contributed by atoms with Gasteiger partial charge in [0.25, 0.3) is 0 Å². The number of rotatable bonds is 4. The minimum absolute atomic E-state index is 0.0416. The van der Waals surface area contributed by atoms with Gasteiger partial charge < -0.3 is 14.7 Å². The monoisotopic (exact) mass is 230 g/mol. The average Bonchev–Trinajstić information content (AvgIpc) is 2.30. The molecule has 1 N–H and O–H groups in total. The fourth-order valence-electron chi connectivity index (χ4n) is 1.45. The van der Waals surface area contributed by atoms with Crippen LogP contribution in [0.15, 0.2) is 0 Å². The second-order valence-electron chi connectivity index (χ2n) is 4.82. The van der Waals surface area contributed by atoms with Gasteiger partial charge in [0.05, 0.1) is 26.4 Å². The lowest BCUT2D eigenvalue weighted by Crippen LogP contribution is -2.51. The van der Waals surface area contributed by atoms with Crippen molar-refractivity contribution >= 4 is 5.91 Å². The molecule has 0 aromatic rings. The maximum atomic E-state index is 11.9. The van der Waals surface area contributed by atoms with E-state index in [2.05, 4.69) is 0 Å². The van der Waals surface area contributed by atoms with Gasteiger partial charge in [0.15, 0.2) is 0 Å². The molecule has 1 aliphatic heterocycles. The number of carbonyl (C=O) groups is 1. The van der Waals surface area contributed by atoms with Crippen LogP contribution in [0.5, 0.6) is 0 Å². The molecule has 0 radical (unpaired) electrons. The summed E-state index contributed by atoms with van der Waals surface area (Å²) in [6, 6.07) is 0. The van der Waals surface area contributed by atoms with Crippen LogP contribution in [0, 0.1) is 0 Å². The largest absolute Gasteiger partial charge is 0.394 e. The molecule has 1 heterocycles. The molecule has 1 saturated heterocycles. The van der Waals surface area contributed by atoms with Crippen LogP contribution in [0.1, 0.15) is 13.8 Å². The van der Waals surface area contributed by atoms with Crippen LogP contribution in [-0.4, -0.2) is 72.9 Å². The first-order chi connectivity index (χ1) is 7.47. The Kier molecular flexibility index (Phi) is 4.70. The molecule has 5 nitrogen and oxygen atoms in total. The molecule has 0 atom stereocenters. The van der Waals surface area contributed by atoms with Gasteiger partial charge in [-0.25, -0.2) is 0 Å². The molecule has 94 valence electrons. The highest BCUT2D eigenvalue weighted by Gasteiger charge is 2.26. The fourth-order valence-corrected chi connectivity index (χ4v) is 1.45. The molecule has 0 aromatic heterocycles. The van der Waals surface area contributed by atoms with E-state index < -0.39 is 0 Å². The molecule has 0 bridgehead atoms. The Labute approximate surface area is 97.0 Å². The molecular formula is C11H22N2O3. The molecule has 0 aliphatic carbocycles. The Morgan fingerprint density at radius 3 is 2.50 bits per heavy atom. The third-order valence-electron chi connectivity index (χ3n) is 3.16. The summed E-state index contributed by atoms with van der Waals surface area (Å²) in [6.45, 7) is 6.81. The summed E-state index contributed by atoms with van der Waals surface area (Å²) >= 11 is 0. The van der Waals surface area contributed by atoms with Crippen LogP contribution in [-0.2, 0) is 9.53 Å². The zero-order chi connectivity index (χ0) is 12.2. The molecule has 0 aromatic carbocycles. The predicted molar refractivity (Wildman–Crippen MR) is 61.2 cm³/mol. The Hall–Kier alpha value is -0.650. The normalized spacial score (nSPS) is 17.9. The number of aliphatic hydroxyl groups is 1. The van der Waals surface area contributed by atoms with Crippen LogP contribution >= 0.6 is 0 Å². The maximum Gasteiger partial charge on any atom is 0.236 e. The van der Waals surface area contributed by atoms with Crippen molar-refractivity contribution in [2.45, 2.75) is 19.4 Å². The molecule has 0 unspecified atom stereocenters. The van der Waals surface area contributed by atoms with Crippen LogP contribution in [0.2, 0.25) is 0 Å². The minimum atomic E-state index is -0.359. The molecular weight excluding hydrogens is 208 g/mol. The quantitative estimate of drug-likeness (QED) is 0.710. The predicted octanol–water partition coefficient (Wildman–Crippen LogP) is -0.452. The molecule has 5 heteroatoms.